The molecule has 26 heavy (non-hydrogen) atoms. The van der Waals surface area contributed by atoms with E-state index in [9.17, 15) is 0 Å². The average molecular weight is 359 g/mol. The maximum absolute atomic E-state index is 6.42. The Morgan fingerprint density at radius 3 is 2.27 bits per heavy atom. The molecule has 128 valence electrons. The number of nitrogens with zero attached hydrogens (tertiary/aromatic N) is 1. The topological polar surface area (TPSA) is 24.9 Å². The lowest BCUT2D eigenvalue weighted by Gasteiger charge is -2.16. The van der Waals surface area contributed by atoms with E-state index >= 15 is 0 Å². The zero-order chi connectivity index (χ0) is 17.9. The summed E-state index contributed by atoms with van der Waals surface area (Å²) in [6, 6.07) is 27.0. The van der Waals surface area contributed by atoms with E-state index in [1.54, 1.807) is 0 Å². The van der Waals surface area contributed by atoms with Gasteiger partial charge in [0.2, 0.25) is 0 Å². The van der Waals surface area contributed by atoms with Crippen molar-refractivity contribution in [2.75, 3.05) is 5.32 Å². The molecule has 4 rings (SSSR count). The first kappa shape index (κ1) is 16.6. The lowest BCUT2D eigenvalue weighted by Crippen LogP contribution is -2.04. The Morgan fingerprint density at radius 1 is 0.846 bits per heavy atom. The summed E-state index contributed by atoms with van der Waals surface area (Å²) in [6.07, 6.45) is 0. The van der Waals surface area contributed by atoms with Crippen LogP contribution in [0.4, 0.5) is 5.82 Å². The van der Waals surface area contributed by atoms with Crippen LogP contribution in [0.3, 0.4) is 0 Å². The van der Waals surface area contributed by atoms with E-state index in [2.05, 4.69) is 64.9 Å². The van der Waals surface area contributed by atoms with E-state index in [1.807, 2.05) is 31.2 Å². The van der Waals surface area contributed by atoms with Crippen molar-refractivity contribution in [1.29, 1.82) is 0 Å². The molecule has 0 unspecified atom stereocenters. The number of pyridine rings is 1. The number of hydrogen-bond acceptors (Lipinski definition) is 2. The molecule has 0 spiro atoms. The number of halogens is 1. The molecule has 0 aliphatic heterocycles. The van der Waals surface area contributed by atoms with Crippen LogP contribution in [0.25, 0.3) is 21.9 Å². The summed E-state index contributed by atoms with van der Waals surface area (Å²) < 4.78 is 0. The Balaban J connectivity index is 1.87. The Labute approximate surface area is 158 Å². The van der Waals surface area contributed by atoms with Crippen LogP contribution in [0, 0.1) is 6.92 Å². The predicted octanol–water partition coefficient (Wildman–Crippen LogP) is 6.48. The van der Waals surface area contributed by atoms with Crippen LogP contribution >= 0.6 is 11.6 Å². The maximum Gasteiger partial charge on any atom is 0.136 e. The third-order valence-electron chi connectivity index (χ3n) is 4.61. The van der Waals surface area contributed by atoms with E-state index in [0.717, 1.165) is 27.7 Å². The molecule has 0 aliphatic rings. The quantitative estimate of drug-likeness (QED) is 0.422. The van der Waals surface area contributed by atoms with Gasteiger partial charge in [-0.15, -0.1) is 0 Å². The first-order valence-electron chi connectivity index (χ1n) is 8.66. The summed E-state index contributed by atoms with van der Waals surface area (Å²) in [4.78, 5) is 4.66. The van der Waals surface area contributed by atoms with Gasteiger partial charge in [-0.1, -0.05) is 90.5 Å². The fraction of sp³-hybridized carbons (Fsp3) is 0.0870. The molecule has 0 radical (unpaired) electrons. The number of aryl methyl sites for hydroxylation is 1. The lowest BCUT2D eigenvalue weighted by atomic mass is 9.97. The van der Waals surface area contributed by atoms with E-state index in [0.29, 0.717) is 11.7 Å². The fourth-order valence-electron chi connectivity index (χ4n) is 3.24. The molecule has 0 fully saturated rings. The van der Waals surface area contributed by atoms with Gasteiger partial charge < -0.3 is 5.32 Å². The summed E-state index contributed by atoms with van der Waals surface area (Å²) in [6.45, 7) is 2.72. The number of benzene rings is 3. The summed E-state index contributed by atoms with van der Waals surface area (Å²) in [7, 11) is 0. The van der Waals surface area contributed by atoms with Crippen molar-refractivity contribution in [3.05, 3.63) is 95.1 Å². The van der Waals surface area contributed by atoms with Crippen LogP contribution in [0.15, 0.2) is 78.9 Å². The summed E-state index contributed by atoms with van der Waals surface area (Å²) in [5.41, 5.74) is 4.54. The highest BCUT2D eigenvalue weighted by molar-refractivity contribution is 6.31. The minimum absolute atomic E-state index is 0.540. The van der Waals surface area contributed by atoms with Gasteiger partial charge in [0.05, 0.1) is 0 Å². The van der Waals surface area contributed by atoms with E-state index in [1.165, 1.54) is 11.1 Å². The van der Waals surface area contributed by atoms with Crippen LogP contribution in [0.1, 0.15) is 11.1 Å². The summed E-state index contributed by atoms with van der Waals surface area (Å²) in [5, 5.41) is 6.26. The zero-order valence-electron chi connectivity index (χ0n) is 14.5. The molecule has 0 bridgehead atoms. The van der Waals surface area contributed by atoms with Crippen molar-refractivity contribution < 1.29 is 0 Å². The zero-order valence-corrected chi connectivity index (χ0v) is 15.3. The number of hydrogen-bond donors (Lipinski definition) is 1. The minimum Gasteiger partial charge on any atom is -0.365 e. The monoisotopic (exact) mass is 358 g/mol. The minimum atomic E-state index is 0.540. The molecule has 3 heteroatoms. The first-order chi connectivity index (χ1) is 12.7. The van der Waals surface area contributed by atoms with Crippen molar-refractivity contribution >= 4 is 28.2 Å². The first-order valence-corrected chi connectivity index (χ1v) is 9.04. The summed E-state index contributed by atoms with van der Waals surface area (Å²) >= 11 is 6.42. The predicted molar refractivity (Wildman–Crippen MR) is 111 cm³/mol. The third-order valence-corrected chi connectivity index (χ3v) is 4.98. The van der Waals surface area contributed by atoms with Crippen molar-refractivity contribution in [1.82, 2.24) is 4.98 Å². The van der Waals surface area contributed by atoms with Crippen molar-refractivity contribution in [2.45, 2.75) is 13.5 Å². The molecule has 2 nitrogen and oxygen atoms in total. The largest absolute Gasteiger partial charge is 0.365 e. The van der Waals surface area contributed by atoms with Crippen molar-refractivity contribution in [3.8, 4) is 11.1 Å². The average Bonchev–Trinajstić information content (AvgIpc) is 2.70. The van der Waals surface area contributed by atoms with Crippen molar-refractivity contribution in [2.24, 2.45) is 0 Å². The van der Waals surface area contributed by atoms with Crippen LogP contribution < -0.4 is 5.32 Å². The van der Waals surface area contributed by atoms with Gasteiger partial charge in [-0.05, 0) is 34.6 Å². The molecular weight excluding hydrogens is 340 g/mol. The fourth-order valence-corrected chi connectivity index (χ4v) is 3.42. The van der Waals surface area contributed by atoms with Gasteiger partial charge in [-0.3, -0.25) is 0 Å². The van der Waals surface area contributed by atoms with Crippen molar-refractivity contribution in [3.63, 3.8) is 0 Å². The van der Waals surface area contributed by atoms with Gasteiger partial charge in [0.25, 0.3) is 0 Å². The molecule has 0 saturated heterocycles. The Bertz CT molecular complexity index is 1040. The number of rotatable bonds is 4. The normalized spacial score (nSPS) is 10.8. The van der Waals surface area contributed by atoms with Gasteiger partial charge in [-0.25, -0.2) is 4.98 Å². The maximum atomic E-state index is 6.42. The lowest BCUT2D eigenvalue weighted by molar-refractivity contribution is 1.12. The van der Waals surface area contributed by atoms with Gasteiger partial charge >= 0.3 is 0 Å². The second kappa shape index (κ2) is 7.19. The molecule has 1 N–H and O–H groups in total. The highest BCUT2D eigenvalue weighted by Gasteiger charge is 2.14. The summed E-state index contributed by atoms with van der Waals surface area (Å²) in [5.74, 6) is 0.818. The Hall–Kier alpha value is -2.84. The van der Waals surface area contributed by atoms with E-state index in [-0.39, 0.29) is 0 Å². The van der Waals surface area contributed by atoms with Gasteiger partial charge in [-0.2, -0.15) is 0 Å². The molecular formula is C23H19ClN2. The Kier molecular flexibility index (Phi) is 4.59. The highest BCUT2D eigenvalue weighted by Crippen LogP contribution is 2.36. The number of anilines is 1. The smallest absolute Gasteiger partial charge is 0.136 e. The van der Waals surface area contributed by atoms with E-state index < -0.39 is 0 Å². The molecule has 3 aromatic carbocycles. The molecule has 4 aromatic rings. The number of nitrogens with one attached hydrogen (secondary N) is 1. The van der Waals surface area contributed by atoms with Crippen LogP contribution in [0.2, 0.25) is 5.15 Å². The second-order valence-electron chi connectivity index (χ2n) is 6.31. The molecule has 1 aromatic heterocycles. The van der Waals surface area contributed by atoms with Crippen LogP contribution in [-0.4, -0.2) is 4.98 Å². The Morgan fingerprint density at radius 2 is 1.54 bits per heavy atom. The standard InChI is InChI=1S/C23H19ClN2/c1-16-19-13-8-14-20(18-11-6-3-7-12-18)21(19)23(26-22(16)24)25-15-17-9-4-2-5-10-17/h2-14H,15H2,1H3,(H,25,26). The number of fused-ring (bicyclic) bond motifs is 1. The highest BCUT2D eigenvalue weighted by atomic mass is 35.5. The molecule has 0 atom stereocenters. The molecule has 0 aliphatic carbocycles. The molecule has 0 saturated carbocycles. The molecule has 0 amide bonds. The van der Waals surface area contributed by atoms with Gasteiger partial charge in [0.1, 0.15) is 11.0 Å². The number of aromatic nitrogens is 1. The SMILES string of the molecule is Cc1c(Cl)nc(NCc2ccccc2)c2c(-c3ccccc3)cccc12. The van der Waals surface area contributed by atoms with Crippen LogP contribution in [0.5, 0.6) is 0 Å². The van der Waals surface area contributed by atoms with E-state index in [4.69, 9.17) is 11.6 Å². The van der Waals surface area contributed by atoms with Gasteiger partial charge in [0, 0.05) is 11.9 Å². The van der Waals surface area contributed by atoms with Gasteiger partial charge in [0.15, 0.2) is 0 Å². The second-order valence-corrected chi connectivity index (χ2v) is 6.67. The third kappa shape index (κ3) is 3.16. The molecule has 1 heterocycles. The van der Waals surface area contributed by atoms with Crippen LogP contribution in [-0.2, 0) is 6.54 Å².